The summed E-state index contributed by atoms with van der Waals surface area (Å²) < 4.78 is 38.2. The highest BCUT2D eigenvalue weighted by Crippen LogP contribution is 2.27. The zero-order chi connectivity index (χ0) is 15.3. The van der Waals surface area contributed by atoms with Crippen molar-refractivity contribution in [3.8, 4) is 5.75 Å². The van der Waals surface area contributed by atoms with E-state index >= 15 is 0 Å². The Balaban J connectivity index is 1.94. The van der Waals surface area contributed by atoms with Crippen molar-refractivity contribution in [1.82, 2.24) is 4.72 Å². The van der Waals surface area contributed by atoms with Gasteiger partial charge < -0.3 is 14.4 Å². The smallest absolute Gasteiger partial charge is 0.240 e. The van der Waals surface area contributed by atoms with Crippen LogP contribution in [-0.4, -0.2) is 54.9 Å². The second kappa shape index (κ2) is 7.55. The number of rotatable bonds is 6. The lowest BCUT2D eigenvalue weighted by atomic mass is 10.3. The van der Waals surface area contributed by atoms with Gasteiger partial charge in [0.25, 0.3) is 0 Å². The van der Waals surface area contributed by atoms with E-state index in [4.69, 9.17) is 9.47 Å². The van der Waals surface area contributed by atoms with Gasteiger partial charge in [0.1, 0.15) is 18.8 Å². The van der Waals surface area contributed by atoms with Crippen LogP contribution < -0.4 is 14.4 Å². The molecule has 6 nitrogen and oxygen atoms in total. The van der Waals surface area contributed by atoms with E-state index in [1.165, 1.54) is 18.1 Å². The van der Waals surface area contributed by atoms with Crippen LogP contribution in [0.1, 0.15) is 0 Å². The Bertz CT molecular complexity index is 574. The minimum absolute atomic E-state index is 0.208. The van der Waals surface area contributed by atoms with Crippen molar-refractivity contribution >= 4 is 26.0 Å². The normalized spacial score (nSPS) is 16.9. The topological polar surface area (TPSA) is 69.1 Å². The Kier molecular flexibility index (Phi) is 6.00. The van der Waals surface area contributed by atoms with Crippen LogP contribution >= 0.6 is 15.9 Å². The van der Waals surface area contributed by atoms with E-state index in [0.29, 0.717) is 12.3 Å². The van der Waals surface area contributed by atoms with E-state index in [1.54, 1.807) is 12.1 Å². The maximum atomic E-state index is 12.2. The number of nitrogens with one attached hydrogen (secondary N) is 2. The number of sulfonamides is 1. The molecule has 0 saturated carbocycles. The predicted octanol–water partition coefficient (Wildman–Crippen LogP) is -0.349. The van der Waals surface area contributed by atoms with Crippen molar-refractivity contribution in [2.45, 2.75) is 4.90 Å². The number of ether oxygens (including phenoxy) is 2. The van der Waals surface area contributed by atoms with Crippen LogP contribution in [0.2, 0.25) is 0 Å². The van der Waals surface area contributed by atoms with Gasteiger partial charge in [-0.05, 0) is 28.1 Å². The van der Waals surface area contributed by atoms with Crippen LogP contribution in [0.3, 0.4) is 0 Å². The fourth-order valence-electron chi connectivity index (χ4n) is 2.16. The van der Waals surface area contributed by atoms with Gasteiger partial charge in [-0.25, -0.2) is 13.1 Å². The molecule has 0 aromatic heterocycles. The number of morpholine rings is 1. The highest BCUT2D eigenvalue weighted by Gasteiger charge is 2.18. The first kappa shape index (κ1) is 16.7. The van der Waals surface area contributed by atoms with Gasteiger partial charge in [-0.15, -0.1) is 0 Å². The predicted molar refractivity (Wildman–Crippen MR) is 82.3 cm³/mol. The van der Waals surface area contributed by atoms with E-state index in [2.05, 4.69) is 20.7 Å². The largest absolute Gasteiger partial charge is 0.496 e. The van der Waals surface area contributed by atoms with Crippen LogP contribution in [0.25, 0.3) is 0 Å². The lowest BCUT2D eigenvalue weighted by Crippen LogP contribution is -3.14. The molecular weight excluding hydrogens is 360 g/mol. The molecule has 0 radical (unpaired) electrons. The summed E-state index contributed by atoms with van der Waals surface area (Å²) in [6.45, 7) is 4.51. The van der Waals surface area contributed by atoms with E-state index in [1.807, 2.05) is 0 Å². The number of methoxy groups -OCH3 is 1. The average molecular weight is 380 g/mol. The fraction of sp³-hybridized carbons (Fsp3) is 0.538. The molecule has 1 aromatic carbocycles. The maximum Gasteiger partial charge on any atom is 0.240 e. The molecule has 0 amide bonds. The third-order valence-electron chi connectivity index (χ3n) is 3.40. The van der Waals surface area contributed by atoms with E-state index in [9.17, 15) is 8.42 Å². The van der Waals surface area contributed by atoms with Crippen LogP contribution in [-0.2, 0) is 14.8 Å². The number of hydrogen-bond donors (Lipinski definition) is 2. The maximum absolute atomic E-state index is 12.2. The Hall–Kier alpha value is -0.670. The highest BCUT2D eigenvalue weighted by atomic mass is 79.9. The summed E-state index contributed by atoms with van der Waals surface area (Å²) in [6, 6.07) is 4.73. The molecular formula is C13H20BrN2O4S+. The summed E-state index contributed by atoms with van der Waals surface area (Å²) in [4.78, 5) is 1.57. The van der Waals surface area contributed by atoms with Crippen molar-refractivity contribution < 1.29 is 22.8 Å². The second-order valence-electron chi connectivity index (χ2n) is 4.81. The van der Waals surface area contributed by atoms with Crippen molar-refractivity contribution in [1.29, 1.82) is 0 Å². The SMILES string of the molecule is COc1cc(S(=O)(=O)NCC[NH+]2CCOCC2)ccc1Br. The number of quaternary nitrogens is 1. The molecule has 1 heterocycles. The minimum Gasteiger partial charge on any atom is -0.496 e. The van der Waals surface area contributed by atoms with E-state index in [0.717, 1.165) is 37.3 Å². The number of halogens is 1. The standard InChI is InChI=1S/C13H19BrN2O4S/c1-19-13-10-11(2-3-12(13)14)21(17,18)15-4-5-16-6-8-20-9-7-16/h2-3,10,15H,4-9H2,1H3/p+1. The molecule has 0 bridgehead atoms. The van der Waals surface area contributed by atoms with Crippen molar-refractivity contribution in [2.24, 2.45) is 0 Å². The average Bonchev–Trinajstić information content (AvgIpc) is 2.48. The zero-order valence-electron chi connectivity index (χ0n) is 11.9. The molecule has 2 N–H and O–H groups in total. The van der Waals surface area contributed by atoms with Crippen LogP contribution in [0.4, 0.5) is 0 Å². The van der Waals surface area contributed by atoms with E-state index in [-0.39, 0.29) is 4.90 Å². The minimum atomic E-state index is -3.51. The monoisotopic (exact) mass is 379 g/mol. The number of benzene rings is 1. The molecule has 1 aliphatic rings. The van der Waals surface area contributed by atoms with Crippen LogP contribution in [0.5, 0.6) is 5.75 Å². The lowest BCUT2D eigenvalue weighted by Gasteiger charge is -2.23. The Morgan fingerprint density at radius 2 is 2.10 bits per heavy atom. The summed E-state index contributed by atoms with van der Waals surface area (Å²) in [5.74, 6) is 0.497. The van der Waals surface area contributed by atoms with E-state index < -0.39 is 10.0 Å². The van der Waals surface area contributed by atoms with Gasteiger partial charge in [0, 0.05) is 6.07 Å². The van der Waals surface area contributed by atoms with Crippen LogP contribution in [0.15, 0.2) is 27.6 Å². The molecule has 118 valence electrons. The first-order valence-electron chi connectivity index (χ1n) is 6.77. The van der Waals surface area contributed by atoms with Crippen molar-refractivity contribution in [3.05, 3.63) is 22.7 Å². The number of hydrogen-bond acceptors (Lipinski definition) is 4. The van der Waals surface area contributed by atoms with Gasteiger partial charge in [-0.1, -0.05) is 0 Å². The molecule has 1 aliphatic heterocycles. The van der Waals surface area contributed by atoms with Gasteiger partial charge in [0.2, 0.25) is 10.0 Å². The molecule has 1 aromatic rings. The zero-order valence-corrected chi connectivity index (χ0v) is 14.3. The molecule has 2 rings (SSSR count). The first-order valence-corrected chi connectivity index (χ1v) is 9.05. The van der Waals surface area contributed by atoms with Crippen LogP contribution in [0, 0.1) is 0 Å². The summed E-state index contributed by atoms with van der Waals surface area (Å²) in [5, 5.41) is 0. The lowest BCUT2D eigenvalue weighted by molar-refractivity contribution is -0.906. The summed E-state index contributed by atoms with van der Waals surface area (Å²) in [7, 11) is -2.00. The van der Waals surface area contributed by atoms with Crippen molar-refractivity contribution in [3.63, 3.8) is 0 Å². The van der Waals surface area contributed by atoms with Gasteiger partial charge in [-0.3, -0.25) is 0 Å². The third kappa shape index (κ3) is 4.65. The Morgan fingerprint density at radius 3 is 2.76 bits per heavy atom. The first-order chi connectivity index (χ1) is 10.0. The summed E-state index contributed by atoms with van der Waals surface area (Å²) >= 11 is 3.31. The quantitative estimate of drug-likeness (QED) is 0.708. The van der Waals surface area contributed by atoms with Gasteiger partial charge in [-0.2, -0.15) is 0 Å². The molecule has 0 atom stereocenters. The second-order valence-corrected chi connectivity index (χ2v) is 7.43. The van der Waals surface area contributed by atoms with Crippen molar-refractivity contribution in [2.75, 3.05) is 46.5 Å². The molecule has 0 spiro atoms. The van der Waals surface area contributed by atoms with Gasteiger partial charge in [0.15, 0.2) is 0 Å². The Morgan fingerprint density at radius 1 is 1.38 bits per heavy atom. The third-order valence-corrected chi connectivity index (χ3v) is 5.52. The van der Waals surface area contributed by atoms with Gasteiger partial charge in [0.05, 0.1) is 42.8 Å². The summed E-state index contributed by atoms with van der Waals surface area (Å²) in [5.41, 5.74) is 0. The molecule has 0 aliphatic carbocycles. The molecule has 21 heavy (non-hydrogen) atoms. The fourth-order valence-corrected chi connectivity index (χ4v) is 3.62. The molecule has 0 unspecified atom stereocenters. The van der Waals surface area contributed by atoms with Gasteiger partial charge >= 0.3 is 0 Å². The summed E-state index contributed by atoms with van der Waals surface area (Å²) in [6.07, 6.45) is 0. The Labute approximate surface area is 133 Å². The molecule has 1 saturated heterocycles. The highest BCUT2D eigenvalue weighted by molar-refractivity contribution is 9.10. The molecule has 1 fully saturated rings. The molecule has 8 heteroatoms.